The monoisotopic (exact) mass is 354 g/mol. The summed E-state index contributed by atoms with van der Waals surface area (Å²) in [5.74, 6) is -0.970. The largest absolute Gasteiger partial charge is 0.420 e. The van der Waals surface area contributed by atoms with Crippen LogP contribution >= 0.6 is 0 Å². The second kappa shape index (κ2) is 6.78. The molecule has 1 fully saturated rings. The third-order valence-electron chi connectivity index (χ3n) is 4.87. The second-order valence-corrected chi connectivity index (χ2v) is 6.72. The molecule has 1 aliphatic carbocycles. The van der Waals surface area contributed by atoms with Crippen molar-refractivity contribution >= 4 is 17.0 Å². The Morgan fingerprint density at radius 1 is 1.15 bits per heavy atom. The maximum Gasteiger partial charge on any atom is 0.420 e. The van der Waals surface area contributed by atoms with Gasteiger partial charge in [-0.05, 0) is 48.7 Å². The summed E-state index contributed by atoms with van der Waals surface area (Å²) in [5, 5.41) is 3.04. The quantitative estimate of drug-likeness (QED) is 0.780. The third-order valence-corrected chi connectivity index (χ3v) is 4.87. The molecule has 4 rings (SSSR count). The molecule has 1 saturated carbocycles. The molecular formula is C20H19FN2O3. The Morgan fingerprint density at radius 3 is 2.62 bits per heavy atom. The van der Waals surface area contributed by atoms with Gasteiger partial charge in [0.1, 0.15) is 5.82 Å². The summed E-state index contributed by atoms with van der Waals surface area (Å²) in [6.07, 6.45) is 4.30. The van der Waals surface area contributed by atoms with Crippen LogP contribution in [0, 0.1) is 5.82 Å². The lowest BCUT2D eigenvalue weighted by molar-refractivity contribution is 0.0938. The molecule has 1 amide bonds. The van der Waals surface area contributed by atoms with Crippen molar-refractivity contribution in [2.24, 2.45) is 0 Å². The van der Waals surface area contributed by atoms with E-state index in [-0.39, 0.29) is 24.3 Å². The van der Waals surface area contributed by atoms with Crippen LogP contribution in [0.1, 0.15) is 41.6 Å². The average molecular weight is 354 g/mol. The molecule has 0 aliphatic heterocycles. The zero-order valence-electron chi connectivity index (χ0n) is 14.2. The lowest BCUT2D eigenvalue weighted by Crippen LogP contribution is -2.32. The van der Waals surface area contributed by atoms with Crippen LogP contribution < -0.4 is 11.1 Å². The minimum atomic E-state index is -0.502. The number of carbonyl (C=O) groups is 1. The first kappa shape index (κ1) is 16.6. The summed E-state index contributed by atoms with van der Waals surface area (Å²) in [6, 6.07) is 11.2. The topological polar surface area (TPSA) is 64.2 Å². The molecule has 0 unspecified atom stereocenters. The van der Waals surface area contributed by atoms with E-state index in [1.54, 1.807) is 30.3 Å². The van der Waals surface area contributed by atoms with Crippen LogP contribution in [0.3, 0.4) is 0 Å². The lowest BCUT2D eigenvalue weighted by Gasteiger charge is -2.12. The molecule has 26 heavy (non-hydrogen) atoms. The van der Waals surface area contributed by atoms with Crippen molar-refractivity contribution < 1.29 is 13.6 Å². The van der Waals surface area contributed by atoms with Gasteiger partial charge in [0.2, 0.25) is 0 Å². The van der Waals surface area contributed by atoms with Crippen LogP contribution in [-0.2, 0) is 6.54 Å². The van der Waals surface area contributed by atoms with E-state index in [1.165, 1.54) is 16.7 Å². The minimum absolute atomic E-state index is 0.138. The Kier molecular flexibility index (Phi) is 4.32. The zero-order chi connectivity index (χ0) is 18.1. The van der Waals surface area contributed by atoms with Gasteiger partial charge in [-0.15, -0.1) is 0 Å². The highest BCUT2D eigenvalue weighted by molar-refractivity contribution is 5.97. The summed E-state index contributed by atoms with van der Waals surface area (Å²) in [6.45, 7) is 0.250. The van der Waals surface area contributed by atoms with Gasteiger partial charge in [0.15, 0.2) is 5.58 Å². The summed E-state index contributed by atoms with van der Waals surface area (Å²) in [7, 11) is 0. The molecule has 6 heteroatoms. The molecule has 0 spiro atoms. The molecule has 5 nitrogen and oxygen atoms in total. The highest BCUT2D eigenvalue weighted by Gasteiger charge is 2.19. The van der Waals surface area contributed by atoms with Crippen molar-refractivity contribution in [3.63, 3.8) is 0 Å². The van der Waals surface area contributed by atoms with Crippen LogP contribution in [0.2, 0.25) is 0 Å². The predicted molar refractivity (Wildman–Crippen MR) is 95.7 cm³/mol. The average Bonchev–Trinajstić information content (AvgIpc) is 3.24. The number of nitrogens with zero attached hydrogens (tertiary/aromatic N) is 1. The number of halogens is 1. The van der Waals surface area contributed by atoms with Crippen molar-refractivity contribution in [3.8, 4) is 0 Å². The molecular weight excluding hydrogens is 335 g/mol. The molecule has 0 radical (unpaired) electrons. The first-order chi connectivity index (χ1) is 12.6. The van der Waals surface area contributed by atoms with Gasteiger partial charge in [-0.1, -0.05) is 25.0 Å². The standard InChI is InChI=1S/C20H19FN2O3/c21-15-8-5-13(6-9-15)12-23-17-11-14(7-10-18(17)26-20(23)25)19(24)22-16-3-1-2-4-16/h5-11,16H,1-4,12H2,(H,22,24). The number of nitrogens with one attached hydrogen (secondary N) is 1. The van der Waals surface area contributed by atoms with E-state index in [4.69, 9.17) is 4.42 Å². The summed E-state index contributed by atoms with van der Waals surface area (Å²) < 4.78 is 19.8. The van der Waals surface area contributed by atoms with Gasteiger partial charge in [0, 0.05) is 11.6 Å². The van der Waals surface area contributed by atoms with Gasteiger partial charge in [0.05, 0.1) is 12.1 Å². The molecule has 1 aliphatic rings. The Morgan fingerprint density at radius 2 is 1.88 bits per heavy atom. The fourth-order valence-electron chi connectivity index (χ4n) is 3.46. The number of aromatic nitrogens is 1. The van der Waals surface area contributed by atoms with Crippen molar-refractivity contribution in [1.82, 2.24) is 9.88 Å². The SMILES string of the molecule is O=C(NC1CCCC1)c1ccc2oc(=O)n(Cc3ccc(F)cc3)c2c1. The predicted octanol–water partition coefficient (Wildman–Crippen LogP) is 3.45. The van der Waals surface area contributed by atoms with Gasteiger partial charge >= 0.3 is 5.76 Å². The molecule has 0 atom stereocenters. The lowest BCUT2D eigenvalue weighted by atomic mass is 10.1. The van der Waals surface area contributed by atoms with E-state index >= 15 is 0 Å². The van der Waals surface area contributed by atoms with Crippen molar-refractivity contribution in [2.45, 2.75) is 38.3 Å². The Balaban J connectivity index is 1.64. The number of rotatable bonds is 4. The van der Waals surface area contributed by atoms with Crippen LogP contribution in [0.4, 0.5) is 4.39 Å². The third kappa shape index (κ3) is 3.27. The number of hydrogen-bond acceptors (Lipinski definition) is 3. The Bertz CT molecular complexity index is 998. The number of oxazole rings is 1. The molecule has 0 bridgehead atoms. The van der Waals surface area contributed by atoms with Crippen molar-refractivity contribution in [1.29, 1.82) is 0 Å². The Labute approximate surface area is 149 Å². The molecule has 3 aromatic rings. The maximum atomic E-state index is 13.1. The highest BCUT2D eigenvalue weighted by atomic mass is 19.1. The number of carbonyl (C=O) groups excluding carboxylic acids is 1. The fourth-order valence-corrected chi connectivity index (χ4v) is 3.46. The van der Waals surface area contributed by atoms with E-state index in [0.29, 0.717) is 16.7 Å². The minimum Gasteiger partial charge on any atom is -0.408 e. The molecule has 1 aromatic heterocycles. The number of amides is 1. The molecule has 1 heterocycles. The summed E-state index contributed by atoms with van der Waals surface area (Å²) in [5.41, 5.74) is 2.25. The van der Waals surface area contributed by atoms with Gasteiger partial charge in [-0.3, -0.25) is 9.36 Å². The number of fused-ring (bicyclic) bond motifs is 1. The van der Waals surface area contributed by atoms with Crippen LogP contribution in [0.5, 0.6) is 0 Å². The van der Waals surface area contributed by atoms with Crippen LogP contribution in [0.15, 0.2) is 51.7 Å². The highest BCUT2D eigenvalue weighted by Crippen LogP contribution is 2.20. The second-order valence-electron chi connectivity index (χ2n) is 6.72. The van der Waals surface area contributed by atoms with Gasteiger partial charge in [-0.2, -0.15) is 0 Å². The smallest absolute Gasteiger partial charge is 0.408 e. The van der Waals surface area contributed by atoms with Crippen LogP contribution in [-0.4, -0.2) is 16.5 Å². The molecule has 1 N–H and O–H groups in total. The van der Waals surface area contributed by atoms with Crippen LogP contribution in [0.25, 0.3) is 11.1 Å². The van der Waals surface area contributed by atoms with Gasteiger partial charge in [0.25, 0.3) is 5.91 Å². The van der Waals surface area contributed by atoms with Crippen molar-refractivity contribution in [2.75, 3.05) is 0 Å². The van der Waals surface area contributed by atoms with Gasteiger partial charge < -0.3 is 9.73 Å². The van der Waals surface area contributed by atoms with Crippen molar-refractivity contribution in [3.05, 3.63) is 70.0 Å². The van der Waals surface area contributed by atoms with E-state index in [2.05, 4.69) is 5.32 Å². The normalized spacial score (nSPS) is 14.8. The van der Waals surface area contributed by atoms with Gasteiger partial charge in [-0.25, -0.2) is 9.18 Å². The van der Waals surface area contributed by atoms with E-state index < -0.39 is 5.76 Å². The number of hydrogen-bond donors (Lipinski definition) is 1. The van der Waals surface area contributed by atoms with E-state index in [0.717, 1.165) is 31.2 Å². The summed E-state index contributed by atoms with van der Waals surface area (Å²) >= 11 is 0. The fraction of sp³-hybridized carbons (Fsp3) is 0.300. The molecule has 134 valence electrons. The maximum absolute atomic E-state index is 13.1. The number of benzene rings is 2. The first-order valence-corrected chi connectivity index (χ1v) is 8.79. The molecule has 0 saturated heterocycles. The zero-order valence-corrected chi connectivity index (χ0v) is 14.2. The Hall–Kier alpha value is -2.89. The molecule has 2 aromatic carbocycles. The van der Waals surface area contributed by atoms with E-state index in [9.17, 15) is 14.0 Å². The van der Waals surface area contributed by atoms with E-state index in [1.807, 2.05) is 0 Å². The first-order valence-electron chi connectivity index (χ1n) is 8.79. The summed E-state index contributed by atoms with van der Waals surface area (Å²) in [4.78, 5) is 24.7.